The van der Waals surface area contributed by atoms with Gasteiger partial charge >= 0.3 is 0 Å². The lowest BCUT2D eigenvalue weighted by atomic mass is 10.2. The fourth-order valence-corrected chi connectivity index (χ4v) is 2.81. The number of fused-ring (bicyclic) bond motifs is 1. The first kappa shape index (κ1) is 11.4. The number of anilines is 1. The van der Waals surface area contributed by atoms with Crippen molar-refractivity contribution in [2.24, 2.45) is 0 Å². The van der Waals surface area contributed by atoms with E-state index in [9.17, 15) is 0 Å². The Morgan fingerprint density at radius 3 is 2.95 bits per heavy atom. The van der Waals surface area contributed by atoms with Gasteiger partial charge in [0.1, 0.15) is 5.82 Å². The second-order valence-electron chi connectivity index (χ2n) is 5.13. The molecule has 1 unspecified atom stereocenters. The van der Waals surface area contributed by atoms with Crippen LogP contribution in [0.3, 0.4) is 0 Å². The minimum atomic E-state index is 0.394. The van der Waals surface area contributed by atoms with Gasteiger partial charge in [0.05, 0.1) is 17.8 Å². The van der Waals surface area contributed by atoms with Gasteiger partial charge in [-0.15, -0.1) is 5.10 Å². The predicted octanol–water partition coefficient (Wildman–Crippen LogP) is 2.28. The molecule has 0 bridgehead atoms. The van der Waals surface area contributed by atoms with Crippen LogP contribution in [-0.4, -0.2) is 33.1 Å². The molecule has 0 amide bonds. The normalized spacial score (nSPS) is 18.8. The standard InChI is InChI=1S/C15H15N5/c1-2-4-14-12(3-1)5-6-15(17-14)19-9-7-13(11-19)20-10-8-16-18-20/h1-6,8,10,13H,7,9,11H2. The maximum absolute atomic E-state index is 4.75. The van der Waals surface area contributed by atoms with Crippen LogP contribution in [0.25, 0.3) is 10.9 Å². The van der Waals surface area contributed by atoms with Crippen LogP contribution >= 0.6 is 0 Å². The summed E-state index contributed by atoms with van der Waals surface area (Å²) in [5.74, 6) is 1.05. The fraction of sp³-hybridized carbons (Fsp3) is 0.267. The number of rotatable bonds is 2. The molecule has 0 aliphatic carbocycles. The van der Waals surface area contributed by atoms with Gasteiger partial charge in [-0.3, -0.25) is 0 Å². The van der Waals surface area contributed by atoms with Gasteiger partial charge in [0.25, 0.3) is 0 Å². The highest BCUT2D eigenvalue weighted by Crippen LogP contribution is 2.26. The van der Waals surface area contributed by atoms with Gasteiger partial charge in [-0.25, -0.2) is 9.67 Å². The molecule has 0 N–H and O–H groups in total. The van der Waals surface area contributed by atoms with E-state index in [1.165, 1.54) is 5.39 Å². The first-order chi connectivity index (χ1) is 9.90. The van der Waals surface area contributed by atoms with Gasteiger partial charge in [-0.2, -0.15) is 0 Å². The molecular formula is C15H15N5. The Balaban J connectivity index is 1.61. The van der Waals surface area contributed by atoms with Crippen LogP contribution in [0.1, 0.15) is 12.5 Å². The fourth-order valence-electron chi connectivity index (χ4n) is 2.81. The molecule has 0 saturated carbocycles. The van der Waals surface area contributed by atoms with Crippen LogP contribution in [0.2, 0.25) is 0 Å². The number of benzene rings is 1. The Morgan fingerprint density at radius 1 is 1.10 bits per heavy atom. The molecule has 1 aliphatic rings. The molecule has 5 heteroatoms. The molecule has 1 aromatic carbocycles. The molecule has 0 radical (unpaired) electrons. The quantitative estimate of drug-likeness (QED) is 0.713. The zero-order valence-electron chi connectivity index (χ0n) is 11.1. The van der Waals surface area contributed by atoms with Crippen molar-refractivity contribution in [1.29, 1.82) is 0 Å². The summed E-state index contributed by atoms with van der Waals surface area (Å²) in [5, 5.41) is 9.16. The zero-order chi connectivity index (χ0) is 13.4. The summed E-state index contributed by atoms with van der Waals surface area (Å²) >= 11 is 0. The van der Waals surface area contributed by atoms with Crippen molar-refractivity contribution in [3.63, 3.8) is 0 Å². The van der Waals surface area contributed by atoms with Crippen LogP contribution in [0, 0.1) is 0 Å². The van der Waals surface area contributed by atoms with Crippen LogP contribution in [0.4, 0.5) is 5.82 Å². The summed E-state index contributed by atoms with van der Waals surface area (Å²) < 4.78 is 1.95. The third-order valence-electron chi connectivity index (χ3n) is 3.89. The minimum absolute atomic E-state index is 0.394. The van der Waals surface area contributed by atoms with Crippen molar-refractivity contribution in [2.45, 2.75) is 12.5 Å². The van der Waals surface area contributed by atoms with E-state index in [0.717, 1.165) is 30.8 Å². The molecule has 3 aromatic rings. The minimum Gasteiger partial charge on any atom is -0.354 e. The molecule has 2 aromatic heterocycles. The first-order valence-electron chi connectivity index (χ1n) is 6.87. The summed E-state index contributed by atoms with van der Waals surface area (Å²) in [7, 11) is 0. The molecule has 5 nitrogen and oxygen atoms in total. The summed E-state index contributed by atoms with van der Waals surface area (Å²) in [6, 6.07) is 12.9. The summed E-state index contributed by atoms with van der Waals surface area (Å²) in [4.78, 5) is 7.07. The number of pyridine rings is 1. The SMILES string of the molecule is c1ccc2nc(N3CCC(n4ccnn4)C3)ccc2c1. The van der Waals surface area contributed by atoms with E-state index in [2.05, 4.69) is 39.5 Å². The highest BCUT2D eigenvalue weighted by molar-refractivity contribution is 5.80. The van der Waals surface area contributed by atoms with Crippen LogP contribution in [-0.2, 0) is 0 Å². The Hall–Kier alpha value is -2.43. The molecule has 3 heterocycles. The second-order valence-corrected chi connectivity index (χ2v) is 5.13. The maximum atomic E-state index is 4.75. The van der Waals surface area contributed by atoms with E-state index in [0.29, 0.717) is 6.04 Å². The van der Waals surface area contributed by atoms with Crippen molar-refractivity contribution >= 4 is 16.7 Å². The van der Waals surface area contributed by atoms with Crippen molar-refractivity contribution in [3.05, 3.63) is 48.8 Å². The van der Waals surface area contributed by atoms with Crippen molar-refractivity contribution < 1.29 is 0 Å². The number of hydrogen-bond donors (Lipinski definition) is 0. The Kier molecular flexibility index (Phi) is 2.62. The Morgan fingerprint density at radius 2 is 2.05 bits per heavy atom. The van der Waals surface area contributed by atoms with Crippen molar-refractivity contribution in [2.75, 3.05) is 18.0 Å². The van der Waals surface area contributed by atoms with E-state index < -0.39 is 0 Å². The third kappa shape index (κ3) is 1.91. The highest BCUT2D eigenvalue weighted by Gasteiger charge is 2.25. The molecule has 1 saturated heterocycles. The van der Waals surface area contributed by atoms with Crippen molar-refractivity contribution in [3.8, 4) is 0 Å². The van der Waals surface area contributed by atoms with E-state index in [1.54, 1.807) is 6.20 Å². The molecule has 100 valence electrons. The molecule has 4 rings (SSSR count). The van der Waals surface area contributed by atoms with Crippen LogP contribution in [0.15, 0.2) is 48.8 Å². The van der Waals surface area contributed by atoms with Crippen molar-refractivity contribution in [1.82, 2.24) is 20.0 Å². The van der Waals surface area contributed by atoms with Gasteiger partial charge in [0.15, 0.2) is 0 Å². The maximum Gasteiger partial charge on any atom is 0.129 e. The lowest BCUT2D eigenvalue weighted by molar-refractivity contribution is 0.479. The van der Waals surface area contributed by atoms with Crippen LogP contribution < -0.4 is 4.90 Å². The molecule has 0 spiro atoms. The number of nitrogens with zero attached hydrogens (tertiary/aromatic N) is 5. The summed E-state index contributed by atoms with van der Waals surface area (Å²) in [5.41, 5.74) is 1.05. The summed E-state index contributed by atoms with van der Waals surface area (Å²) in [6.07, 6.45) is 4.75. The average Bonchev–Trinajstić information content (AvgIpc) is 3.17. The zero-order valence-corrected chi connectivity index (χ0v) is 11.1. The van der Waals surface area contributed by atoms with E-state index >= 15 is 0 Å². The smallest absolute Gasteiger partial charge is 0.129 e. The second kappa shape index (κ2) is 4.59. The summed E-state index contributed by atoms with van der Waals surface area (Å²) in [6.45, 7) is 1.95. The van der Waals surface area contributed by atoms with Gasteiger partial charge in [0, 0.05) is 24.7 Å². The van der Waals surface area contributed by atoms with E-state index in [1.807, 2.05) is 23.0 Å². The van der Waals surface area contributed by atoms with Crippen LogP contribution in [0.5, 0.6) is 0 Å². The molecule has 1 aliphatic heterocycles. The third-order valence-corrected chi connectivity index (χ3v) is 3.89. The van der Waals surface area contributed by atoms with Gasteiger partial charge in [0.2, 0.25) is 0 Å². The predicted molar refractivity (Wildman–Crippen MR) is 77.6 cm³/mol. The lowest BCUT2D eigenvalue weighted by Gasteiger charge is -2.17. The van der Waals surface area contributed by atoms with Gasteiger partial charge < -0.3 is 4.90 Å². The number of para-hydroxylation sites is 1. The molecular weight excluding hydrogens is 250 g/mol. The number of hydrogen-bond acceptors (Lipinski definition) is 4. The Bertz CT molecular complexity index is 722. The number of aromatic nitrogens is 4. The van der Waals surface area contributed by atoms with E-state index in [4.69, 9.17) is 4.98 Å². The van der Waals surface area contributed by atoms with E-state index in [-0.39, 0.29) is 0 Å². The van der Waals surface area contributed by atoms with Gasteiger partial charge in [-0.05, 0) is 24.6 Å². The largest absolute Gasteiger partial charge is 0.354 e. The monoisotopic (exact) mass is 265 g/mol. The Labute approximate surface area is 116 Å². The highest BCUT2D eigenvalue weighted by atomic mass is 15.4. The molecule has 1 fully saturated rings. The van der Waals surface area contributed by atoms with Gasteiger partial charge in [-0.1, -0.05) is 23.4 Å². The first-order valence-corrected chi connectivity index (χ1v) is 6.87. The lowest BCUT2D eigenvalue weighted by Crippen LogP contribution is -2.22. The average molecular weight is 265 g/mol. The molecule has 20 heavy (non-hydrogen) atoms. The molecule has 1 atom stereocenters. The topological polar surface area (TPSA) is 46.8 Å².